The smallest absolute Gasteiger partial charge is 0.282 e. The van der Waals surface area contributed by atoms with E-state index in [4.69, 9.17) is 23.2 Å². The predicted octanol–water partition coefficient (Wildman–Crippen LogP) is 4.30. The maximum atomic E-state index is 12.7. The molecule has 1 saturated heterocycles. The number of nitrogens with one attached hydrogen (secondary N) is 1. The van der Waals surface area contributed by atoms with Crippen LogP contribution in [0.15, 0.2) is 48.0 Å². The Labute approximate surface area is 168 Å². The highest BCUT2D eigenvalue weighted by molar-refractivity contribution is 6.42. The van der Waals surface area contributed by atoms with Crippen molar-refractivity contribution in [3.05, 3.63) is 63.6 Å². The van der Waals surface area contributed by atoms with Crippen molar-refractivity contribution in [2.75, 3.05) is 23.0 Å². The molecule has 0 unspecified atom stereocenters. The zero-order valence-electron chi connectivity index (χ0n) is 15.0. The molecule has 0 radical (unpaired) electrons. The summed E-state index contributed by atoms with van der Waals surface area (Å²) in [4.78, 5) is 27.2. The van der Waals surface area contributed by atoms with Crippen LogP contribution in [0, 0.1) is 0 Å². The molecule has 0 spiro atoms. The van der Waals surface area contributed by atoms with Crippen LogP contribution in [0.3, 0.4) is 0 Å². The van der Waals surface area contributed by atoms with Gasteiger partial charge in [-0.25, -0.2) is 5.01 Å². The molecule has 0 saturated carbocycles. The molecule has 140 valence electrons. The van der Waals surface area contributed by atoms with E-state index in [2.05, 4.69) is 24.2 Å². The van der Waals surface area contributed by atoms with Crippen LogP contribution in [-0.4, -0.2) is 24.9 Å². The van der Waals surface area contributed by atoms with Crippen molar-refractivity contribution in [3.8, 4) is 0 Å². The molecular weight excluding hydrogens is 385 g/mol. The minimum atomic E-state index is -0.459. The van der Waals surface area contributed by atoms with Crippen molar-refractivity contribution < 1.29 is 9.59 Å². The van der Waals surface area contributed by atoms with E-state index < -0.39 is 11.8 Å². The predicted molar refractivity (Wildman–Crippen MR) is 110 cm³/mol. The molecule has 27 heavy (non-hydrogen) atoms. The van der Waals surface area contributed by atoms with Crippen LogP contribution < -0.4 is 15.3 Å². The van der Waals surface area contributed by atoms with Gasteiger partial charge in [0.2, 0.25) is 0 Å². The molecule has 1 aliphatic rings. The van der Waals surface area contributed by atoms with E-state index in [-0.39, 0.29) is 5.57 Å². The van der Waals surface area contributed by atoms with Crippen LogP contribution in [0.1, 0.15) is 19.4 Å². The molecule has 2 aromatic rings. The lowest BCUT2D eigenvalue weighted by Gasteiger charge is -2.20. The Balaban J connectivity index is 1.85. The van der Waals surface area contributed by atoms with E-state index in [1.54, 1.807) is 18.2 Å². The minimum absolute atomic E-state index is 0.0664. The van der Waals surface area contributed by atoms with Crippen molar-refractivity contribution in [1.82, 2.24) is 5.43 Å². The summed E-state index contributed by atoms with van der Waals surface area (Å²) in [5.41, 5.74) is 4.94. The second-order valence-electron chi connectivity index (χ2n) is 6.00. The average Bonchev–Trinajstić information content (AvgIpc) is 2.94. The van der Waals surface area contributed by atoms with Crippen LogP contribution in [0.2, 0.25) is 10.0 Å². The molecule has 7 heteroatoms. The number of nitrogens with zero attached hydrogens (tertiary/aromatic N) is 2. The molecule has 1 fully saturated rings. The quantitative estimate of drug-likeness (QED) is 0.597. The number of hydrogen-bond acceptors (Lipinski definition) is 3. The van der Waals surface area contributed by atoms with E-state index >= 15 is 0 Å². The minimum Gasteiger partial charge on any atom is -0.372 e. The Hall–Kier alpha value is -2.50. The maximum absolute atomic E-state index is 12.7. The molecule has 1 N–H and O–H groups in total. The van der Waals surface area contributed by atoms with E-state index in [1.807, 2.05) is 24.3 Å². The number of hydrazine groups is 1. The summed E-state index contributed by atoms with van der Waals surface area (Å²) in [5.74, 6) is -0.898. The topological polar surface area (TPSA) is 52.7 Å². The molecule has 0 aromatic heterocycles. The van der Waals surface area contributed by atoms with Gasteiger partial charge in [-0.2, -0.15) is 0 Å². The number of carbonyl (C=O) groups excluding carboxylic acids is 2. The van der Waals surface area contributed by atoms with Crippen molar-refractivity contribution in [3.63, 3.8) is 0 Å². The molecule has 2 amide bonds. The third-order valence-corrected chi connectivity index (χ3v) is 5.12. The van der Waals surface area contributed by atoms with E-state index in [0.717, 1.165) is 24.3 Å². The van der Waals surface area contributed by atoms with E-state index in [1.165, 1.54) is 11.1 Å². The molecule has 0 aliphatic carbocycles. The van der Waals surface area contributed by atoms with Crippen molar-refractivity contribution >= 4 is 52.5 Å². The summed E-state index contributed by atoms with van der Waals surface area (Å²) in [6.07, 6.45) is 1.58. The summed E-state index contributed by atoms with van der Waals surface area (Å²) in [6, 6.07) is 12.5. The van der Waals surface area contributed by atoms with Gasteiger partial charge < -0.3 is 4.90 Å². The lowest BCUT2D eigenvalue weighted by Crippen LogP contribution is -2.35. The first-order valence-electron chi connectivity index (χ1n) is 8.61. The third kappa shape index (κ3) is 3.94. The van der Waals surface area contributed by atoms with Gasteiger partial charge in [0.05, 0.1) is 15.7 Å². The third-order valence-electron chi connectivity index (χ3n) is 4.39. The number of hydrogen-bond donors (Lipinski definition) is 1. The van der Waals surface area contributed by atoms with Crippen LogP contribution in [0.25, 0.3) is 6.08 Å². The van der Waals surface area contributed by atoms with E-state index in [0.29, 0.717) is 15.7 Å². The Morgan fingerprint density at radius 1 is 1.00 bits per heavy atom. The summed E-state index contributed by atoms with van der Waals surface area (Å²) in [7, 11) is 0. The second kappa shape index (κ2) is 8.03. The first-order valence-corrected chi connectivity index (χ1v) is 9.37. The van der Waals surface area contributed by atoms with Crippen molar-refractivity contribution in [2.45, 2.75) is 13.8 Å². The van der Waals surface area contributed by atoms with Gasteiger partial charge in [0.1, 0.15) is 5.57 Å². The fraction of sp³-hybridized carbons (Fsp3) is 0.200. The monoisotopic (exact) mass is 403 g/mol. The highest BCUT2D eigenvalue weighted by Crippen LogP contribution is 2.29. The van der Waals surface area contributed by atoms with Crippen molar-refractivity contribution in [2.24, 2.45) is 0 Å². The molecular formula is C20H19Cl2N3O2. The van der Waals surface area contributed by atoms with Crippen LogP contribution in [-0.2, 0) is 9.59 Å². The fourth-order valence-electron chi connectivity index (χ4n) is 2.90. The number of anilines is 2. The number of amides is 2. The van der Waals surface area contributed by atoms with Crippen LogP contribution in [0.5, 0.6) is 0 Å². The lowest BCUT2D eigenvalue weighted by atomic mass is 10.1. The van der Waals surface area contributed by atoms with Gasteiger partial charge in [-0.1, -0.05) is 35.3 Å². The number of rotatable bonds is 5. The lowest BCUT2D eigenvalue weighted by molar-refractivity contribution is -0.117. The zero-order chi connectivity index (χ0) is 19.6. The van der Waals surface area contributed by atoms with Gasteiger partial charge >= 0.3 is 0 Å². The zero-order valence-corrected chi connectivity index (χ0v) is 16.5. The molecule has 1 heterocycles. The summed E-state index contributed by atoms with van der Waals surface area (Å²) < 4.78 is 0. The van der Waals surface area contributed by atoms with Crippen LogP contribution in [0.4, 0.5) is 11.4 Å². The number of benzene rings is 2. The maximum Gasteiger partial charge on any atom is 0.282 e. The normalized spacial score (nSPS) is 15.4. The Bertz CT molecular complexity index is 906. The second-order valence-corrected chi connectivity index (χ2v) is 6.82. The molecule has 5 nitrogen and oxygen atoms in total. The summed E-state index contributed by atoms with van der Waals surface area (Å²) >= 11 is 11.9. The van der Waals surface area contributed by atoms with Gasteiger partial charge in [0, 0.05) is 18.8 Å². The molecule has 0 bridgehead atoms. The van der Waals surface area contributed by atoms with E-state index in [9.17, 15) is 9.59 Å². The van der Waals surface area contributed by atoms with Crippen LogP contribution >= 0.6 is 23.2 Å². The summed E-state index contributed by atoms with van der Waals surface area (Å²) in [5, 5.41) is 1.85. The van der Waals surface area contributed by atoms with Gasteiger partial charge in [-0.3, -0.25) is 15.0 Å². The highest BCUT2D eigenvalue weighted by Gasteiger charge is 2.34. The van der Waals surface area contributed by atoms with Crippen molar-refractivity contribution in [1.29, 1.82) is 0 Å². The number of halogens is 2. The molecule has 1 aliphatic heterocycles. The molecule has 0 atom stereocenters. The standard InChI is InChI=1S/C20H19Cl2N3O2/c1-3-24(4-2)14-7-5-13(6-8-14)11-16-19(26)23-25(20(16)27)15-9-10-17(21)18(22)12-15/h5-12H,3-4H2,1-2H3,(H,23,26)/b16-11+. The van der Waals surface area contributed by atoms with Gasteiger partial charge in [0.25, 0.3) is 11.8 Å². The van der Waals surface area contributed by atoms with Gasteiger partial charge in [-0.05, 0) is 55.8 Å². The average molecular weight is 404 g/mol. The Kier molecular flexibility index (Phi) is 5.73. The Morgan fingerprint density at radius 2 is 1.67 bits per heavy atom. The number of carbonyl (C=O) groups is 2. The highest BCUT2D eigenvalue weighted by atomic mass is 35.5. The Morgan fingerprint density at radius 3 is 2.26 bits per heavy atom. The molecule has 3 rings (SSSR count). The SMILES string of the molecule is CCN(CC)c1ccc(/C=C2\C(=O)NN(c3ccc(Cl)c(Cl)c3)C2=O)cc1. The largest absolute Gasteiger partial charge is 0.372 e. The first kappa shape index (κ1) is 19.3. The summed E-state index contributed by atoms with van der Waals surface area (Å²) in [6.45, 7) is 6.02. The fourth-order valence-corrected chi connectivity index (χ4v) is 3.19. The van der Waals surface area contributed by atoms with Gasteiger partial charge in [0.15, 0.2) is 0 Å². The molecule has 2 aromatic carbocycles. The first-order chi connectivity index (χ1) is 12.9. The van der Waals surface area contributed by atoms with Gasteiger partial charge in [-0.15, -0.1) is 0 Å².